The zero-order chi connectivity index (χ0) is 8.55. The maximum absolute atomic E-state index is 11.4. The average Bonchev–Trinajstić information content (AvgIpc) is 1.91. The van der Waals surface area contributed by atoms with Gasteiger partial charge in [-0.05, 0) is 13.0 Å². The Kier molecular flexibility index (Phi) is 1.73. The van der Waals surface area contributed by atoms with E-state index in [0.29, 0.717) is 5.92 Å². The fourth-order valence-corrected chi connectivity index (χ4v) is 1.41. The highest BCUT2D eigenvalue weighted by molar-refractivity contribution is 5.20. The zero-order valence-electron chi connectivity index (χ0n) is 7.05. The van der Waals surface area contributed by atoms with Gasteiger partial charge in [0.25, 0.3) is 5.56 Å². The van der Waals surface area contributed by atoms with E-state index in [-0.39, 0.29) is 5.56 Å². The van der Waals surface area contributed by atoms with Crippen molar-refractivity contribution in [2.75, 3.05) is 13.1 Å². The third-order valence-electron chi connectivity index (χ3n) is 2.31. The normalized spacial score (nSPS) is 17.4. The van der Waals surface area contributed by atoms with Gasteiger partial charge in [0, 0.05) is 30.3 Å². The molecule has 0 aliphatic carbocycles. The molecule has 0 spiro atoms. The lowest BCUT2D eigenvalue weighted by molar-refractivity contribution is 0.445. The molecule has 2 N–H and O–H groups in total. The van der Waals surface area contributed by atoms with E-state index in [1.807, 2.05) is 19.1 Å². The first-order valence-corrected chi connectivity index (χ1v) is 4.18. The fraction of sp³-hybridized carbons (Fsp3) is 0.444. The fourth-order valence-electron chi connectivity index (χ4n) is 1.41. The second-order valence-electron chi connectivity index (χ2n) is 3.28. The van der Waals surface area contributed by atoms with Crippen molar-refractivity contribution in [3.05, 3.63) is 33.7 Å². The van der Waals surface area contributed by atoms with Gasteiger partial charge in [-0.25, -0.2) is 0 Å². The Labute approximate surface area is 70.8 Å². The standard InChI is InChI=1S/C9H12N2O/c1-6-2-3-8(9(12)11-6)7-4-10-5-7/h2-3,7,10H,4-5H2,1H3,(H,11,12). The van der Waals surface area contributed by atoms with Crippen LogP contribution < -0.4 is 10.9 Å². The van der Waals surface area contributed by atoms with E-state index in [2.05, 4.69) is 10.3 Å². The molecule has 1 saturated heterocycles. The minimum Gasteiger partial charge on any atom is -0.326 e. The number of H-pyrrole nitrogens is 1. The lowest BCUT2D eigenvalue weighted by Crippen LogP contribution is -2.42. The third kappa shape index (κ3) is 1.16. The maximum Gasteiger partial charge on any atom is 0.251 e. The lowest BCUT2D eigenvalue weighted by atomic mass is 9.95. The van der Waals surface area contributed by atoms with Crippen LogP contribution in [0.5, 0.6) is 0 Å². The summed E-state index contributed by atoms with van der Waals surface area (Å²) in [6.45, 7) is 3.77. The molecule has 0 atom stereocenters. The van der Waals surface area contributed by atoms with Crippen molar-refractivity contribution in [2.24, 2.45) is 0 Å². The quantitative estimate of drug-likeness (QED) is 0.630. The minimum absolute atomic E-state index is 0.0708. The molecule has 2 rings (SSSR count). The van der Waals surface area contributed by atoms with Crippen LogP contribution >= 0.6 is 0 Å². The summed E-state index contributed by atoms with van der Waals surface area (Å²) in [5.41, 5.74) is 1.91. The SMILES string of the molecule is Cc1ccc(C2CNC2)c(=O)[nH]1. The molecule has 64 valence electrons. The number of rotatable bonds is 1. The van der Waals surface area contributed by atoms with Crippen LogP contribution in [0.1, 0.15) is 17.2 Å². The second kappa shape index (κ2) is 2.75. The second-order valence-corrected chi connectivity index (χ2v) is 3.28. The largest absolute Gasteiger partial charge is 0.326 e. The Morgan fingerprint density at radius 3 is 2.67 bits per heavy atom. The molecule has 0 saturated carbocycles. The van der Waals surface area contributed by atoms with Crippen LogP contribution in [-0.2, 0) is 0 Å². The predicted octanol–water partition coefficient (Wildman–Crippen LogP) is 0.370. The molecule has 1 fully saturated rings. The van der Waals surface area contributed by atoms with Gasteiger partial charge in [-0.3, -0.25) is 4.79 Å². The van der Waals surface area contributed by atoms with Crippen molar-refractivity contribution < 1.29 is 0 Å². The van der Waals surface area contributed by atoms with Crippen molar-refractivity contribution in [3.63, 3.8) is 0 Å². The summed E-state index contributed by atoms with van der Waals surface area (Å²) >= 11 is 0. The minimum atomic E-state index is 0.0708. The van der Waals surface area contributed by atoms with Crippen molar-refractivity contribution in [1.82, 2.24) is 10.3 Å². The van der Waals surface area contributed by atoms with Gasteiger partial charge >= 0.3 is 0 Å². The highest BCUT2D eigenvalue weighted by atomic mass is 16.1. The van der Waals surface area contributed by atoms with E-state index >= 15 is 0 Å². The average molecular weight is 164 g/mol. The van der Waals surface area contributed by atoms with E-state index in [1.54, 1.807) is 0 Å². The van der Waals surface area contributed by atoms with Crippen LogP contribution in [0.2, 0.25) is 0 Å². The van der Waals surface area contributed by atoms with E-state index in [4.69, 9.17) is 0 Å². The Bertz CT molecular complexity index is 339. The number of aryl methyl sites for hydroxylation is 1. The van der Waals surface area contributed by atoms with Crippen molar-refractivity contribution >= 4 is 0 Å². The molecule has 1 aliphatic rings. The molecule has 1 aliphatic heterocycles. The summed E-state index contributed by atoms with van der Waals surface area (Å²) in [6, 6.07) is 3.88. The molecule has 0 aromatic carbocycles. The smallest absolute Gasteiger partial charge is 0.251 e. The summed E-state index contributed by atoms with van der Waals surface area (Å²) in [7, 11) is 0. The lowest BCUT2D eigenvalue weighted by Gasteiger charge is -2.26. The summed E-state index contributed by atoms with van der Waals surface area (Å²) in [4.78, 5) is 14.2. The summed E-state index contributed by atoms with van der Waals surface area (Å²) in [5.74, 6) is 0.425. The molecule has 1 aromatic heterocycles. The molecular formula is C9H12N2O. The summed E-state index contributed by atoms with van der Waals surface area (Å²) in [5, 5.41) is 3.15. The van der Waals surface area contributed by atoms with E-state index in [0.717, 1.165) is 24.3 Å². The molecule has 0 unspecified atom stereocenters. The molecule has 3 heteroatoms. The monoisotopic (exact) mass is 164 g/mol. The molecule has 0 radical (unpaired) electrons. The molecule has 2 heterocycles. The number of pyridine rings is 1. The predicted molar refractivity (Wildman–Crippen MR) is 47.4 cm³/mol. The highest BCUT2D eigenvalue weighted by Gasteiger charge is 2.21. The van der Waals surface area contributed by atoms with E-state index < -0.39 is 0 Å². The maximum atomic E-state index is 11.4. The van der Waals surface area contributed by atoms with Crippen LogP contribution in [0.15, 0.2) is 16.9 Å². The van der Waals surface area contributed by atoms with Gasteiger partial charge in [-0.2, -0.15) is 0 Å². The Morgan fingerprint density at radius 2 is 2.17 bits per heavy atom. The van der Waals surface area contributed by atoms with Crippen LogP contribution in [-0.4, -0.2) is 18.1 Å². The van der Waals surface area contributed by atoms with Crippen LogP contribution in [0.25, 0.3) is 0 Å². The van der Waals surface area contributed by atoms with Gasteiger partial charge in [-0.15, -0.1) is 0 Å². The molecule has 3 nitrogen and oxygen atoms in total. The van der Waals surface area contributed by atoms with Crippen molar-refractivity contribution in [2.45, 2.75) is 12.8 Å². The number of hydrogen-bond donors (Lipinski definition) is 2. The third-order valence-corrected chi connectivity index (χ3v) is 2.31. The topological polar surface area (TPSA) is 44.9 Å². The van der Waals surface area contributed by atoms with Crippen molar-refractivity contribution in [1.29, 1.82) is 0 Å². The van der Waals surface area contributed by atoms with Gasteiger partial charge in [0.15, 0.2) is 0 Å². The van der Waals surface area contributed by atoms with Crippen LogP contribution in [0, 0.1) is 6.92 Å². The molecule has 1 aromatic rings. The number of hydrogen-bond acceptors (Lipinski definition) is 2. The van der Waals surface area contributed by atoms with E-state index in [9.17, 15) is 4.79 Å². The number of aromatic nitrogens is 1. The van der Waals surface area contributed by atoms with Crippen LogP contribution in [0.4, 0.5) is 0 Å². The zero-order valence-corrected chi connectivity index (χ0v) is 7.05. The van der Waals surface area contributed by atoms with Crippen molar-refractivity contribution in [3.8, 4) is 0 Å². The van der Waals surface area contributed by atoms with Gasteiger partial charge in [0.05, 0.1) is 0 Å². The number of nitrogens with one attached hydrogen (secondary N) is 2. The molecule has 12 heavy (non-hydrogen) atoms. The first kappa shape index (κ1) is 7.55. The summed E-state index contributed by atoms with van der Waals surface area (Å²) < 4.78 is 0. The van der Waals surface area contributed by atoms with Gasteiger partial charge < -0.3 is 10.3 Å². The molecular weight excluding hydrogens is 152 g/mol. The first-order valence-electron chi connectivity index (χ1n) is 4.18. The Hall–Kier alpha value is -1.09. The van der Waals surface area contributed by atoms with Gasteiger partial charge in [-0.1, -0.05) is 6.07 Å². The van der Waals surface area contributed by atoms with Crippen LogP contribution in [0.3, 0.4) is 0 Å². The Balaban J connectivity index is 2.37. The molecule has 0 bridgehead atoms. The number of aromatic amines is 1. The first-order chi connectivity index (χ1) is 5.77. The van der Waals surface area contributed by atoms with Gasteiger partial charge in [0.2, 0.25) is 0 Å². The summed E-state index contributed by atoms with van der Waals surface area (Å²) in [6.07, 6.45) is 0. The van der Waals surface area contributed by atoms with E-state index in [1.165, 1.54) is 0 Å². The Morgan fingerprint density at radius 1 is 1.42 bits per heavy atom. The highest BCUT2D eigenvalue weighted by Crippen LogP contribution is 2.15. The van der Waals surface area contributed by atoms with Gasteiger partial charge in [0.1, 0.15) is 0 Å². The molecule has 0 amide bonds.